The lowest BCUT2D eigenvalue weighted by molar-refractivity contribution is -0.144. The highest BCUT2D eigenvalue weighted by Crippen LogP contribution is 2.00. The number of hydrogen-bond donors (Lipinski definition) is 3. The third-order valence-electron chi connectivity index (χ3n) is 2.10. The molecule has 7 nitrogen and oxygen atoms in total. The molecule has 0 aliphatic heterocycles. The van der Waals surface area contributed by atoms with Gasteiger partial charge in [-0.25, -0.2) is 4.79 Å². The van der Waals surface area contributed by atoms with Gasteiger partial charge >= 0.3 is 11.9 Å². The zero-order valence-electron chi connectivity index (χ0n) is 9.99. The first-order valence-corrected chi connectivity index (χ1v) is 5.24. The van der Waals surface area contributed by atoms with E-state index in [2.05, 4.69) is 15.4 Å². The number of amides is 1. The van der Waals surface area contributed by atoms with Gasteiger partial charge in [0.1, 0.15) is 6.04 Å². The summed E-state index contributed by atoms with van der Waals surface area (Å²) in [6.07, 6.45) is 0.172. The maximum atomic E-state index is 11.3. The molecule has 1 amide bonds. The van der Waals surface area contributed by atoms with Gasteiger partial charge in [0, 0.05) is 19.4 Å². The Bertz CT molecular complexity index is 280. The molecular formula is C10H18N2O5. The highest BCUT2D eigenvalue weighted by Gasteiger charge is 2.20. The Morgan fingerprint density at radius 3 is 2.41 bits per heavy atom. The van der Waals surface area contributed by atoms with Crippen molar-refractivity contribution in [3.63, 3.8) is 0 Å². The van der Waals surface area contributed by atoms with Gasteiger partial charge in [-0.3, -0.25) is 9.59 Å². The van der Waals surface area contributed by atoms with E-state index in [9.17, 15) is 14.4 Å². The number of aliphatic carboxylic acids is 1. The van der Waals surface area contributed by atoms with Crippen LogP contribution in [0.5, 0.6) is 0 Å². The van der Waals surface area contributed by atoms with Crippen LogP contribution in [-0.4, -0.2) is 49.7 Å². The van der Waals surface area contributed by atoms with E-state index in [1.165, 1.54) is 7.11 Å². The molecule has 0 rings (SSSR count). The number of methoxy groups -OCH3 is 1. The van der Waals surface area contributed by atoms with Crippen LogP contribution in [0, 0.1) is 0 Å². The fourth-order valence-corrected chi connectivity index (χ4v) is 1.13. The normalized spacial score (nSPS) is 11.6. The lowest BCUT2D eigenvalue weighted by Crippen LogP contribution is -2.41. The lowest BCUT2D eigenvalue weighted by atomic mass is 10.1. The minimum absolute atomic E-state index is 0.0211. The Kier molecular flexibility index (Phi) is 7.70. The molecule has 0 aromatic heterocycles. The number of esters is 1. The molecule has 0 aromatic carbocycles. The molecule has 0 aliphatic rings. The average Bonchev–Trinajstić information content (AvgIpc) is 2.30. The van der Waals surface area contributed by atoms with Crippen LogP contribution in [0.2, 0.25) is 0 Å². The first kappa shape index (κ1) is 15.4. The highest BCUT2D eigenvalue weighted by atomic mass is 16.5. The van der Waals surface area contributed by atoms with E-state index < -0.39 is 18.0 Å². The Balaban J connectivity index is 4.10. The van der Waals surface area contributed by atoms with Crippen molar-refractivity contribution in [3.05, 3.63) is 0 Å². The number of ether oxygens (including phenoxy) is 1. The van der Waals surface area contributed by atoms with E-state index >= 15 is 0 Å². The second kappa shape index (κ2) is 8.51. The van der Waals surface area contributed by atoms with Crippen LogP contribution in [0.3, 0.4) is 0 Å². The number of carbonyl (C=O) groups excluding carboxylic acids is 2. The summed E-state index contributed by atoms with van der Waals surface area (Å²) in [7, 11) is 2.92. The van der Waals surface area contributed by atoms with E-state index in [1.54, 1.807) is 7.05 Å². The van der Waals surface area contributed by atoms with Gasteiger partial charge in [-0.05, 0) is 13.5 Å². The van der Waals surface area contributed by atoms with E-state index in [0.717, 1.165) is 0 Å². The van der Waals surface area contributed by atoms with Gasteiger partial charge in [-0.2, -0.15) is 0 Å². The first-order valence-electron chi connectivity index (χ1n) is 5.24. The van der Waals surface area contributed by atoms with Gasteiger partial charge in [-0.1, -0.05) is 0 Å². The Hall–Kier alpha value is -1.63. The first-order chi connectivity index (χ1) is 8.01. The molecule has 0 saturated carbocycles. The predicted octanol–water partition coefficient (Wildman–Crippen LogP) is -0.881. The van der Waals surface area contributed by atoms with Crippen LogP contribution >= 0.6 is 0 Å². The fourth-order valence-electron chi connectivity index (χ4n) is 1.13. The largest absolute Gasteiger partial charge is 0.480 e. The zero-order chi connectivity index (χ0) is 13.3. The van der Waals surface area contributed by atoms with Gasteiger partial charge in [0.2, 0.25) is 5.91 Å². The van der Waals surface area contributed by atoms with Gasteiger partial charge in [0.25, 0.3) is 0 Å². The van der Waals surface area contributed by atoms with E-state index in [-0.39, 0.29) is 25.2 Å². The fraction of sp³-hybridized carbons (Fsp3) is 0.700. The number of nitrogens with one attached hydrogen (secondary N) is 2. The van der Waals surface area contributed by atoms with Crippen molar-refractivity contribution < 1.29 is 24.2 Å². The Morgan fingerprint density at radius 2 is 1.94 bits per heavy atom. The number of carbonyl (C=O) groups is 3. The van der Waals surface area contributed by atoms with E-state index in [0.29, 0.717) is 6.54 Å². The quantitative estimate of drug-likeness (QED) is 0.480. The summed E-state index contributed by atoms with van der Waals surface area (Å²) in [5.41, 5.74) is 0. The molecule has 0 heterocycles. The third-order valence-corrected chi connectivity index (χ3v) is 2.10. The van der Waals surface area contributed by atoms with Crippen LogP contribution in [0.4, 0.5) is 0 Å². The van der Waals surface area contributed by atoms with Gasteiger partial charge < -0.3 is 20.5 Å². The van der Waals surface area contributed by atoms with E-state index in [4.69, 9.17) is 5.11 Å². The molecule has 0 aromatic rings. The molecule has 17 heavy (non-hydrogen) atoms. The van der Waals surface area contributed by atoms with Crippen LogP contribution in [0.1, 0.15) is 19.3 Å². The molecule has 1 atom stereocenters. The van der Waals surface area contributed by atoms with Crippen molar-refractivity contribution in [1.82, 2.24) is 10.6 Å². The molecule has 7 heteroatoms. The minimum Gasteiger partial charge on any atom is -0.480 e. The summed E-state index contributed by atoms with van der Waals surface area (Å²) >= 11 is 0. The summed E-state index contributed by atoms with van der Waals surface area (Å²) in [5.74, 6) is -2.02. The number of rotatable bonds is 8. The summed E-state index contributed by atoms with van der Waals surface area (Å²) in [6, 6.07) is -1.06. The molecule has 0 unspecified atom stereocenters. The van der Waals surface area contributed by atoms with Crippen molar-refractivity contribution in [2.75, 3.05) is 20.7 Å². The monoisotopic (exact) mass is 246 g/mol. The van der Waals surface area contributed by atoms with Crippen molar-refractivity contribution in [2.24, 2.45) is 0 Å². The van der Waals surface area contributed by atoms with Crippen LogP contribution < -0.4 is 10.6 Å². The Morgan fingerprint density at radius 1 is 1.29 bits per heavy atom. The SMILES string of the molecule is CNCCC(=O)N[C@@H](CCC(=O)OC)C(=O)O. The second-order valence-corrected chi connectivity index (χ2v) is 3.43. The lowest BCUT2D eigenvalue weighted by Gasteiger charge is -2.13. The number of carboxylic acids is 1. The number of hydrogen-bond acceptors (Lipinski definition) is 5. The zero-order valence-corrected chi connectivity index (χ0v) is 9.99. The maximum Gasteiger partial charge on any atom is 0.326 e. The molecule has 0 fully saturated rings. The molecule has 0 aliphatic carbocycles. The van der Waals surface area contributed by atoms with Crippen molar-refractivity contribution >= 4 is 17.8 Å². The third kappa shape index (κ3) is 7.29. The summed E-state index contributed by atoms with van der Waals surface area (Å²) < 4.78 is 4.40. The highest BCUT2D eigenvalue weighted by molar-refractivity contribution is 5.84. The van der Waals surface area contributed by atoms with Crippen molar-refractivity contribution in [3.8, 4) is 0 Å². The topological polar surface area (TPSA) is 105 Å². The predicted molar refractivity (Wildman–Crippen MR) is 59.4 cm³/mol. The smallest absolute Gasteiger partial charge is 0.326 e. The van der Waals surface area contributed by atoms with Gasteiger partial charge in [0.05, 0.1) is 7.11 Å². The summed E-state index contributed by atoms with van der Waals surface area (Å²) in [4.78, 5) is 33.0. The average molecular weight is 246 g/mol. The van der Waals surface area contributed by atoms with Crippen molar-refractivity contribution in [1.29, 1.82) is 0 Å². The molecular weight excluding hydrogens is 228 g/mol. The molecule has 0 saturated heterocycles. The Labute approximate surface area is 99.5 Å². The molecule has 3 N–H and O–H groups in total. The molecule has 98 valence electrons. The minimum atomic E-state index is -1.16. The van der Waals surface area contributed by atoms with Gasteiger partial charge in [-0.15, -0.1) is 0 Å². The molecule has 0 bridgehead atoms. The summed E-state index contributed by atoms with van der Waals surface area (Å²) in [6.45, 7) is 0.467. The molecule has 0 radical (unpaired) electrons. The van der Waals surface area contributed by atoms with Gasteiger partial charge in [0.15, 0.2) is 0 Å². The molecule has 0 spiro atoms. The standard InChI is InChI=1S/C10H18N2O5/c1-11-6-5-8(13)12-7(10(15)16)3-4-9(14)17-2/h7,11H,3-6H2,1-2H3,(H,12,13)(H,15,16)/t7-/m0/s1. The van der Waals surface area contributed by atoms with Crippen LogP contribution in [-0.2, 0) is 19.1 Å². The second-order valence-electron chi connectivity index (χ2n) is 3.43. The van der Waals surface area contributed by atoms with Crippen LogP contribution in [0.15, 0.2) is 0 Å². The maximum absolute atomic E-state index is 11.3. The van der Waals surface area contributed by atoms with Crippen molar-refractivity contribution in [2.45, 2.75) is 25.3 Å². The number of carboxylic acid groups (broad SMARTS) is 1. The summed E-state index contributed by atoms with van der Waals surface area (Å²) in [5, 5.41) is 14.0. The van der Waals surface area contributed by atoms with E-state index in [1.807, 2.05) is 0 Å². The van der Waals surface area contributed by atoms with Crippen LogP contribution in [0.25, 0.3) is 0 Å².